The standard InChI is InChI=1S/C57H38N2O/c1-57(2)48-34-40(26-29-41(48)46-30-31-54-55(56(46)57)47-16-8-11-19-53(47)60-54)59-50-18-10-7-15-43(50)45-28-23-38(33-52(45)59)37-22-27-44-42-14-6-9-17-49(42)58(51(44)32-37)39-24-20-36(21-25-39)35-12-4-3-5-13-35/h3-34H,1-2H3. The Morgan fingerprint density at radius 2 is 0.883 bits per heavy atom. The Hall–Kier alpha value is -7.62. The molecule has 0 saturated heterocycles. The second-order valence-electron chi connectivity index (χ2n) is 16.9. The van der Waals surface area contributed by atoms with Crippen molar-refractivity contribution in [2.75, 3.05) is 0 Å². The van der Waals surface area contributed by atoms with Crippen LogP contribution in [-0.4, -0.2) is 9.13 Å². The summed E-state index contributed by atoms with van der Waals surface area (Å²) in [7, 11) is 0. The van der Waals surface area contributed by atoms with Crippen molar-refractivity contribution in [3.05, 3.63) is 205 Å². The van der Waals surface area contributed by atoms with Crippen molar-refractivity contribution in [1.29, 1.82) is 0 Å². The van der Waals surface area contributed by atoms with Gasteiger partial charge in [0.25, 0.3) is 0 Å². The number of para-hydroxylation sites is 3. The highest BCUT2D eigenvalue weighted by Crippen LogP contribution is 2.53. The lowest BCUT2D eigenvalue weighted by atomic mass is 9.80. The van der Waals surface area contributed by atoms with E-state index in [9.17, 15) is 0 Å². The van der Waals surface area contributed by atoms with E-state index in [2.05, 4.69) is 217 Å². The lowest BCUT2D eigenvalue weighted by Gasteiger charge is -2.23. The van der Waals surface area contributed by atoms with Crippen molar-refractivity contribution in [3.8, 4) is 44.8 Å². The van der Waals surface area contributed by atoms with Crippen LogP contribution in [0, 0.1) is 0 Å². The van der Waals surface area contributed by atoms with Crippen molar-refractivity contribution in [2.24, 2.45) is 0 Å². The highest BCUT2D eigenvalue weighted by atomic mass is 16.3. The molecule has 3 aromatic heterocycles. The van der Waals surface area contributed by atoms with Gasteiger partial charge in [0.15, 0.2) is 0 Å². The highest BCUT2D eigenvalue weighted by molar-refractivity contribution is 6.13. The number of hydrogen-bond donors (Lipinski definition) is 0. The summed E-state index contributed by atoms with van der Waals surface area (Å²) in [5.74, 6) is 0. The van der Waals surface area contributed by atoms with Gasteiger partial charge < -0.3 is 13.6 Å². The van der Waals surface area contributed by atoms with Gasteiger partial charge in [-0.15, -0.1) is 0 Å². The zero-order valence-electron chi connectivity index (χ0n) is 33.3. The number of furan rings is 1. The molecule has 0 bridgehead atoms. The third-order valence-corrected chi connectivity index (χ3v) is 13.3. The lowest BCUT2D eigenvalue weighted by Crippen LogP contribution is -2.15. The van der Waals surface area contributed by atoms with Crippen LogP contribution in [0.15, 0.2) is 199 Å². The van der Waals surface area contributed by atoms with E-state index in [0.29, 0.717) is 0 Å². The van der Waals surface area contributed by atoms with E-state index in [1.165, 1.54) is 105 Å². The predicted octanol–water partition coefficient (Wildman–Crippen LogP) is 15.4. The summed E-state index contributed by atoms with van der Waals surface area (Å²) in [5, 5.41) is 7.41. The Labute approximate surface area is 347 Å². The van der Waals surface area contributed by atoms with Crippen molar-refractivity contribution < 1.29 is 4.42 Å². The molecule has 13 rings (SSSR count). The molecule has 0 unspecified atom stereocenters. The number of benzene rings is 9. The number of fused-ring (bicyclic) bond motifs is 13. The zero-order valence-corrected chi connectivity index (χ0v) is 33.3. The van der Waals surface area contributed by atoms with Crippen molar-refractivity contribution in [1.82, 2.24) is 9.13 Å². The minimum Gasteiger partial charge on any atom is -0.456 e. The summed E-state index contributed by atoms with van der Waals surface area (Å²) in [4.78, 5) is 0. The average Bonchev–Trinajstić information content (AvgIpc) is 4.01. The molecule has 0 amide bonds. The van der Waals surface area contributed by atoms with E-state index in [-0.39, 0.29) is 5.41 Å². The van der Waals surface area contributed by atoms with Gasteiger partial charge in [-0.25, -0.2) is 0 Å². The molecule has 0 saturated carbocycles. The topological polar surface area (TPSA) is 23.0 Å². The van der Waals surface area contributed by atoms with Crippen LogP contribution < -0.4 is 0 Å². The van der Waals surface area contributed by atoms with Gasteiger partial charge in [-0.1, -0.05) is 147 Å². The molecule has 12 aromatic rings. The lowest BCUT2D eigenvalue weighted by molar-refractivity contribution is 0.656. The maximum Gasteiger partial charge on any atom is 0.135 e. The van der Waals surface area contributed by atoms with Crippen LogP contribution in [0.2, 0.25) is 0 Å². The number of rotatable bonds is 4. The van der Waals surface area contributed by atoms with E-state index >= 15 is 0 Å². The first-order valence-electron chi connectivity index (χ1n) is 20.8. The van der Waals surface area contributed by atoms with Gasteiger partial charge in [0, 0.05) is 49.1 Å². The summed E-state index contributed by atoms with van der Waals surface area (Å²) in [6.07, 6.45) is 0. The average molecular weight is 767 g/mol. The van der Waals surface area contributed by atoms with Gasteiger partial charge in [0.05, 0.1) is 22.1 Å². The van der Waals surface area contributed by atoms with E-state index in [0.717, 1.165) is 16.9 Å². The van der Waals surface area contributed by atoms with Gasteiger partial charge in [-0.3, -0.25) is 0 Å². The van der Waals surface area contributed by atoms with Crippen LogP contribution in [-0.2, 0) is 5.41 Å². The first-order valence-corrected chi connectivity index (χ1v) is 20.8. The minimum absolute atomic E-state index is 0.230. The molecule has 0 spiro atoms. The smallest absolute Gasteiger partial charge is 0.135 e. The fraction of sp³-hybridized carbons (Fsp3) is 0.0526. The molecule has 0 aliphatic heterocycles. The van der Waals surface area contributed by atoms with E-state index in [1.807, 2.05) is 0 Å². The fourth-order valence-corrected chi connectivity index (χ4v) is 10.5. The van der Waals surface area contributed by atoms with Crippen molar-refractivity contribution in [3.63, 3.8) is 0 Å². The van der Waals surface area contributed by atoms with E-state index in [1.54, 1.807) is 0 Å². The Morgan fingerprint density at radius 1 is 0.367 bits per heavy atom. The highest BCUT2D eigenvalue weighted by Gasteiger charge is 2.38. The minimum atomic E-state index is -0.230. The third kappa shape index (κ3) is 4.60. The maximum atomic E-state index is 6.38. The van der Waals surface area contributed by atoms with Gasteiger partial charge in [-0.05, 0) is 105 Å². The van der Waals surface area contributed by atoms with Crippen LogP contribution in [0.3, 0.4) is 0 Å². The summed E-state index contributed by atoms with van der Waals surface area (Å²) >= 11 is 0. The monoisotopic (exact) mass is 766 g/mol. The van der Waals surface area contributed by atoms with Gasteiger partial charge in [0.1, 0.15) is 11.2 Å². The molecule has 0 radical (unpaired) electrons. The summed E-state index contributed by atoms with van der Waals surface area (Å²) in [6.45, 7) is 4.75. The third-order valence-electron chi connectivity index (χ3n) is 13.3. The molecule has 60 heavy (non-hydrogen) atoms. The largest absolute Gasteiger partial charge is 0.456 e. The normalized spacial score (nSPS) is 13.3. The zero-order chi connectivity index (χ0) is 39.7. The van der Waals surface area contributed by atoms with Crippen LogP contribution >= 0.6 is 0 Å². The first kappa shape index (κ1) is 33.4. The molecular formula is C57H38N2O. The Kier molecular flexibility index (Phi) is 6.78. The molecule has 3 nitrogen and oxygen atoms in total. The van der Waals surface area contributed by atoms with Crippen molar-refractivity contribution >= 4 is 65.6 Å². The van der Waals surface area contributed by atoms with Gasteiger partial charge in [-0.2, -0.15) is 0 Å². The molecule has 0 fully saturated rings. The number of nitrogens with zero attached hydrogens (tertiary/aromatic N) is 2. The number of aromatic nitrogens is 2. The first-order chi connectivity index (χ1) is 29.5. The Morgan fingerprint density at radius 3 is 1.57 bits per heavy atom. The molecule has 0 N–H and O–H groups in total. The second kappa shape index (κ2) is 12.2. The Bertz CT molecular complexity index is 3730. The second-order valence-corrected chi connectivity index (χ2v) is 16.9. The molecule has 3 heteroatoms. The summed E-state index contributed by atoms with van der Waals surface area (Å²) < 4.78 is 11.3. The molecule has 3 heterocycles. The van der Waals surface area contributed by atoms with Crippen molar-refractivity contribution in [2.45, 2.75) is 19.3 Å². The molecule has 1 aliphatic rings. The quantitative estimate of drug-likeness (QED) is 0.175. The van der Waals surface area contributed by atoms with Crippen LogP contribution in [0.5, 0.6) is 0 Å². The van der Waals surface area contributed by atoms with Crippen LogP contribution in [0.25, 0.3) is 110 Å². The Balaban J connectivity index is 0.974. The fourth-order valence-electron chi connectivity index (χ4n) is 10.5. The predicted molar refractivity (Wildman–Crippen MR) is 251 cm³/mol. The molecule has 9 aromatic carbocycles. The maximum absolute atomic E-state index is 6.38. The molecule has 282 valence electrons. The van der Waals surface area contributed by atoms with Gasteiger partial charge in [0.2, 0.25) is 0 Å². The molecule has 0 atom stereocenters. The van der Waals surface area contributed by atoms with Gasteiger partial charge >= 0.3 is 0 Å². The summed E-state index contributed by atoms with van der Waals surface area (Å²) in [5.41, 5.74) is 18.9. The van der Waals surface area contributed by atoms with E-state index < -0.39 is 0 Å². The molecular weight excluding hydrogens is 729 g/mol. The number of hydrogen-bond acceptors (Lipinski definition) is 1. The van der Waals surface area contributed by atoms with Crippen LogP contribution in [0.4, 0.5) is 0 Å². The van der Waals surface area contributed by atoms with E-state index in [4.69, 9.17) is 4.42 Å². The SMILES string of the molecule is CC1(C)c2cc(-n3c4ccccc4c4ccc(-c5ccc6c7ccccc7n(-c7ccc(-c8ccccc8)cc7)c6c5)cc43)ccc2-c2ccc3oc4ccccc4c3c21. The molecule has 1 aliphatic carbocycles. The summed E-state index contributed by atoms with van der Waals surface area (Å²) in [6, 6.07) is 71.1. The van der Waals surface area contributed by atoms with Crippen LogP contribution in [0.1, 0.15) is 25.0 Å².